The molecule has 0 amide bonds. The van der Waals surface area contributed by atoms with Crippen LogP contribution in [0.3, 0.4) is 0 Å². The number of anilines is 2. The van der Waals surface area contributed by atoms with Crippen molar-refractivity contribution in [2.45, 2.75) is 12.4 Å². The lowest BCUT2D eigenvalue weighted by Gasteiger charge is -2.12. The predicted molar refractivity (Wildman–Crippen MR) is 100 cm³/mol. The molecule has 158 valence electrons. The molecule has 0 unspecified atom stereocenters. The van der Waals surface area contributed by atoms with Gasteiger partial charge in [0.2, 0.25) is 0 Å². The minimum atomic E-state index is -4.61. The standard InChI is InChI=1S/C20H11F6N5/c21-19(22,23)11-3-5-12(6-4-11)29-18-13-7-8-15(30-16(13)10-28-31-18)17-14(20(24,25)26)2-1-9-27-17/h1-10H,(H,29,31). The van der Waals surface area contributed by atoms with E-state index in [4.69, 9.17) is 0 Å². The molecule has 31 heavy (non-hydrogen) atoms. The van der Waals surface area contributed by atoms with Crippen LogP contribution in [-0.4, -0.2) is 20.2 Å². The van der Waals surface area contributed by atoms with Crippen LogP contribution >= 0.6 is 0 Å². The Kier molecular flexibility index (Phi) is 4.96. The molecule has 1 N–H and O–H groups in total. The summed E-state index contributed by atoms with van der Waals surface area (Å²) in [5.41, 5.74) is -1.50. The number of hydrogen-bond donors (Lipinski definition) is 1. The van der Waals surface area contributed by atoms with E-state index in [1.54, 1.807) is 0 Å². The van der Waals surface area contributed by atoms with Gasteiger partial charge in [-0.3, -0.25) is 4.98 Å². The first-order valence-electron chi connectivity index (χ1n) is 8.72. The average molecular weight is 435 g/mol. The third-order valence-electron chi connectivity index (χ3n) is 4.35. The Hall–Kier alpha value is -3.76. The van der Waals surface area contributed by atoms with Crippen LogP contribution in [0.5, 0.6) is 0 Å². The van der Waals surface area contributed by atoms with Crippen LogP contribution in [0.15, 0.2) is 60.9 Å². The summed E-state index contributed by atoms with van der Waals surface area (Å²) in [7, 11) is 0. The number of pyridine rings is 2. The Morgan fingerprint density at radius 2 is 1.55 bits per heavy atom. The van der Waals surface area contributed by atoms with Crippen molar-refractivity contribution in [3.63, 3.8) is 0 Å². The molecule has 4 rings (SSSR count). The van der Waals surface area contributed by atoms with Gasteiger partial charge >= 0.3 is 12.4 Å². The Morgan fingerprint density at radius 1 is 0.806 bits per heavy atom. The van der Waals surface area contributed by atoms with E-state index in [1.165, 1.54) is 42.7 Å². The molecule has 0 radical (unpaired) electrons. The normalized spacial score (nSPS) is 12.2. The molecule has 3 aromatic heterocycles. The lowest BCUT2D eigenvalue weighted by molar-refractivity contribution is -0.138. The van der Waals surface area contributed by atoms with Crippen molar-refractivity contribution < 1.29 is 26.3 Å². The smallest absolute Gasteiger partial charge is 0.338 e. The quantitative estimate of drug-likeness (QED) is 0.408. The van der Waals surface area contributed by atoms with E-state index < -0.39 is 23.5 Å². The molecule has 5 nitrogen and oxygen atoms in total. The highest BCUT2D eigenvalue weighted by Crippen LogP contribution is 2.36. The van der Waals surface area contributed by atoms with Crippen molar-refractivity contribution in [1.82, 2.24) is 20.2 Å². The van der Waals surface area contributed by atoms with Gasteiger partial charge in [0.05, 0.1) is 28.5 Å². The molecule has 0 saturated heterocycles. The SMILES string of the molecule is FC(F)(F)c1ccc(Nc2nncc3nc(-c4ncccc4C(F)(F)F)ccc23)cc1. The minimum Gasteiger partial charge on any atom is -0.338 e. The third-order valence-corrected chi connectivity index (χ3v) is 4.35. The second-order valence-corrected chi connectivity index (χ2v) is 6.42. The zero-order valence-corrected chi connectivity index (χ0v) is 15.3. The van der Waals surface area contributed by atoms with Crippen molar-refractivity contribution in [2.24, 2.45) is 0 Å². The third kappa shape index (κ3) is 4.25. The molecule has 0 aliphatic rings. The molecule has 0 aliphatic heterocycles. The fourth-order valence-corrected chi connectivity index (χ4v) is 2.91. The van der Waals surface area contributed by atoms with Gasteiger partial charge in [0, 0.05) is 17.3 Å². The zero-order chi connectivity index (χ0) is 22.2. The van der Waals surface area contributed by atoms with Gasteiger partial charge in [-0.2, -0.15) is 31.4 Å². The maximum atomic E-state index is 13.3. The van der Waals surface area contributed by atoms with Gasteiger partial charge in [0.25, 0.3) is 0 Å². The molecule has 0 spiro atoms. The summed E-state index contributed by atoms with van der Waals surface area (Å²) in [5.74, 6) is 0.188. The van der Waals surface area contributed by atoms with Crippen molar-refractivity contribution >= 4 is 22.4 Å². The number of nitrogens with zero attached hydrogens (tertiary/aromatic N) is 4. The van der Waals surface area contributed by atoms with E-state index in [0.29, 0.717) is 11.1 Å². The molecular weight excluding hydrogens is 424 g/mol. The highest BCUT2D eigenvalue weighted by Gasteiger charge is 2.34. The van der Waals surface area contributed by atoms with Crippen LogP contribution in [0, 0.1) is 0 Å². The summed E-state index contributed by atoms with van der Waals surface area (Å²) in [6.45, 7) is 0. The molecular formula is C20H11F6N5. The van der Waals surface area contributed by atoms with Crippen molar-refractivity contribution in [2.75, 3.05) is 5.32 Å². The summed E-state index contributed by atoms with van der Waals surface area (Å²) >= 11 is 0. The highest BCUT2D eigenvalue weighted by atomic mass is 19.4. The summed E-state index contributed by atoms with van der Waals surface area (Å²) in [6.07, 6.45) is -6.56. The molecule has 11 heteroatoms. The Labute approximate surface area is 170 Å². The summed E-state index contributed by atoms with van der Waals surface area (Å²) < 4.78 is 78.0. The van der Waals surface area contributed by atoms with Crippen LogP contribution in [0.2, 0.25) is 0 Å². The fraction of sp³-hybridized carbons (Fsp3) is 0.100. The van der Waals surface area contributed by atoms with Crippen LogP contribution in [0.4, 0.5) is 37.8 Å². The Bertz CT molecular complexity index is 1240. The van der Waals surface area contributed by atoms with Crippen LogP contribution in [0.1, 0.15) is 11.1 Å². The molecule has 4 aromatic rings. The van der Waals surface area contributed by atoms with Crippen molar-refractivity contribution in [3.8, 4) is 11.4 Å². The van der Waals surface area contributed by atoms with E-state index in [0.717, 1.165) is 18.2 Å². The number of nitrogens with one attached hydrogen (secondary N) is 1. The van der Waals surface area contributed by atoms with E-state index in [9.17, 15) is 26.3 Å². The average Bonchev–Trinajstić information content (AvgIpc) is 2.73. The first-order valence-corrected chi connectivity index (χ1v) is 8.72. The van der Waals surface area contributed by atoms with Gasteiger partial charge in [-0.05, 0) is 48.5 Å². The molecule has 0 saturated carbocycles. The summed E-state index contributed by atoms with van der Waals surface area (Å²) in [6, 6.07) is 9.24. The Morgan fingerprint density at radius 3 is 2.23 bits per heavy atom. The topological polar surface area (TPSA) is 63.6 Å². The van der Waals surface area contributed by atoms with E-state index in [-0.39, 0.29) is 22.7 Å². The summed E-state index contributed by atoms with van der Waals surface area (Å²) in [5, 5.41) is 11.0. The molecule has 0 atom stereocenters. The zero-order valence-electron chi connectivity index (χ0n) is 15.3. The summed E-state index contributed by atoms with van der Waals surface area (Å²) in [4.78, 5) is 8.03. The van der Waals surface area contributed by atoms with Gasteiger partial charge in [-0.15, -0.1) is 5.10 Å². The number of alkyl halides is 6. The number of fused-ring (bicyclic) bond motifs is 1. The number of benzene rings is 1. The second kappa shape index (κ2) is 7.49. The molecule has 0 bridgehead atoms. The van der Waals surface area contributed by atoms with Crippen molar-refractivity contribution in [1.29, 1.82) is 0 Å². The molecule has 1 aromatic carbocycles. The van der Waals surface area contributed by atoms with Gasteiger partial charge < -0.3 is 5.32 Å². The van der Waals surface area contributed by atoms with Crippen LogP contribution in [0.25, 0.3) is 22.3 Å². The lowest BCUT2D eigenvalue weighted by atomic mass is 10.1. The highest BCUT2D eigenvalue weighted by molar-refractivity contribution is 5.91. The van der Waals surface area contributed by atoms with Gasteiger partial charge in [-0.1, -0.05) is 0 Å². The first-order chi connectivity index (χ1) is 14.6. The number of hydrogen-bond acceptors (Lipinski definition) is 5. The lowest BCUT2D eigenvalue weighted by Crippen LogP contribution is -2.08. The van der Waals surface area contributed by atoms with E-state index in [2.05, 4.69) is 25.5 Å². The maximum Gasteiger partial charge on any atom is 0.418 e. The van der Waals surface area contributed by atoms with Crippen molar-refractivity contribution in [3.05, 3.63) is 72.1 Å². The van der Waals surface area contributed by atoms with Crippen LogP contribution in [-0.2, 0) is 12.4 Å². The first kappa shape index (κ1) is 20.5. The van der Waals surface area contributed by atoms with Gasteiger partial charge in [0.15, 0.2) is 5.82 Å². The molecule has 0 fully saturated rings. The van der Waals surface area contributed by atoms with Gasteiger partial charge in [0.1, 0.15) is 5.69 Å². The second-order valence-electron chi connectivity index (χ2n) is 6.42. The minimum absolute atomic E-state index is 0.00564. The predicted octanol–water partition coefficient (Wildman–Crippen LogP) is 5.87. The molecule has 0 aliphatic carbocycles. The number of halogens is 6. The number of aromatic nitrogens is 4. The van der Waals surface area contributed by atoms with Crippen LogP contribution < -0.4 is 5.32 Å². The van der Waals surface area contributed by atoms with E-state index in [1.807, 2.05) is 0 Å². The molecule has 3 heterocycles. The van der Waals surface area contributed by atoms with Gasteiger partial charge in [-0.25, -0.2) is 4.98 Å². The largest absolute Gasteiger partial charge is 0.418 e. The fourth-order valence-electron chi connectivity index (χ4n) is 2.91. The van der Waals surface area contributed by atoms with E-state index >= 15 is 0 Å². The number of rotatable bonds is 3. The Balaban J connectivity index is 1.70. The monoisotopic (exact) mass is 435 g/mol. The maximum absolute atomic E-state index is 13.3.